The van der Waals surface area contributed by atoms with Crippen LogP contribution in [0.25, 0.3) is 0 Å². The molecule has 0 saturated carbocycles. The highest BCUT2D eigenvalue weighted by atomic mass is 19.1. The van der Waals surface area contributed by atoms with Crippen molar-refractivity contribution in [3.8, 4) is 0 Å². The Bertz CT molecular complexity index is 478. The van der Waals surface area contributed by atoms with E-state index >= 15 is 0 Å². The maximum Gasteiger partial charge on any atom is 0.254 e. The third-order valence-corrected chi connectivity index (χ3v) is 2.23. The van der Waals surface area contributed by atoms with Crippen molar-refractivity contribution in [2.45, 2.75) is 6.42 Å². The number of hydrogen-bond acceptors (Lipinski definition) is 3. The van der Waals surface area contributed by atoms with E-state index in [2.05, 4.69) is 10.6 Å². The lowest BCUT2D eigenvalue weighted by Crippen LogP contribution is -2.30. The van der Waals surface area contributed by atoms with E-state index in [1.54, 1.807) is 0 Å². The Labute approximate surface area is 102 Å². The van der Waals surface area contributed by atoms with Crippen molar-refractivity contribution < 1.29 is 18.4 Å². The van der Waals surface area contributed by atoms with E-state index in [0.717, 1.165) is 12.1 Å². The topological polar surface area (TPSA) is 84.2 Å². The number of rotatable bonds is 4. The highest BCUT2D eigenvalue weighted by molar-refractivity contribution is 5.95. The molecule has 0 unspecified atom stereocenters. The van der Waals surface area contributed by atoms with Gasteiger partial charge in [0.25, 0.3) is 5.91 Å². The fraction of sp³-hybridized carbons (Fsp3) is 0.273. The number of carbonyl (C=O) groups excluding carboxylic acids is 2. The Morgan fingerprint density at radius 2 is 2.00 bits per heavy atom. The van der Waals surface area contributed by atoms with Crippen LogP contribution in [-0.2, 0) is 4.79 Å². The molecule has 0 aliphatic heterocycles. The number of hydrogen-bond donors (Lipinski definition) is 3. The summed E-state index contributed by atoms with van der Waals surface area (Å²) >= 11 is 0. The molecule has 1 rings (SSSR count). The molecule has 0 fully saturated rings. The number of nitrogen functional groups attached to an aromatic ring is 1. The zero-order valence-electron chi connectivity index (χ0n) is 9.72. The van der Waals surface area contributed by atoms with Crippen molar-refractivity contribution in [3.63, 3.8) is 0 Å². The van der Waals surface area contributed by atoms with Crippen LogP contribution in [-0.4, -0.2) is 25.4 Å². The molecule has 5 nitrogen and oxygen atoms in total. The summed E-state index contributed by atoms with van der Waals surface area (Å²) < 4.78 is 26.4. The number of nitrogens with two attached hydrogens (primary N) is 1. The van der Waals surface area contributed by atoms with E-state index < -0.39 is 28.8 Å². The number of halogens is 2. The highest BCUT2D eigenvalue weighted by Gasteiger charge is 2.15. The van der Waals surface area contributed by atoms with Gasteiger partial charge in [0, 0.05) is 20.0 Å². The van der Waals surface area contributed by atoms with Crippen LogP contribution in [0.15, 0.2) is 12.1 Å². The summed E-state index contributed by atoms with van der Waals surface area (Å²) in [7, 11) is 1.46. The van der Waals surface area contributed by atoms with Gasteiger partial charge in [-0.1, -0.05) is 0 Å². The SMILES string of the molecule is CNC(=O)CCNC(=O)c1cc(F)cc(N)c1F. The average molecular weight is 257 g/mol. The average Bonchev–Trinajstić information content (AvgIpc) is 2.33. The number of amides is 2. The van der Waals surface area contributed by atoms with Crippen LogP contribution in [0.4, 0.5) is 14.5 Å². The maximum absolute atomic E-state index is 13.5. The molecule has 0 radical (unpaired) electrons. The quantitative estimate of drug-likeness (QED) is 0.683. The van der Waals surface area contributed by atoms with Crippen LogP contribution in [0.5, 0.6) is 0 Å². The molecule has 0 aliphatic rings. The Morgan fingerprint density at radius 1 is 1.33 bits per heavy atom. The van der Waals surface area contributed by atoms with E-state index in [1.807, 2.05) is 0 Å². The first-order valence-electron chi connectivity index (χ1n) is 5.19. The Morgan fingerprint density at radius 3 is 2.61 bits per heavy atom. The van der Waals surface area contributed by atoms with E-state index in [0.29, 0.717) is 0 Å². The van der Waals surface area contributed by atoms with Gasteiger partial charge in [0.2, 0.25) is 5.91 Å². The molecule has 0 atom stereocenters. The van der Waals surface area contributed by atoms with E-state index in [-0.39, 0.29) is 18.9 Å². The van der Waals surface area contributed by atoms with Gasteiger partial charge >= 0.3 is 0 Å². The molecule has 2 amide bonds. The summed E-state index contributed by atoms with van der Waals surface area (Å²) in [5.41, 5.74) is 4.28. The summed E-state index contributed by atoms with van der Waals surface area (Å²) in [5, 5.41) is 4.66. The van der Waals surface area contributed by atoms with Crippen LogP contribution in [0, 0.1) is 11.6 Å². The van der Waals surface area contributed by atoms with Crippen molar-refractivity contribution in [1.82, 2.24) is 10.6 Å². The Balaban J connectivity index is 2.70. The molecule has 98 valence electrons. The molecular formula is C11H13F2N3O2. The second kappa shape index (κ2) is 5.95. The van der Waals surface area contributed by atoms with Crippen molar-refractivity contribution >= 4 is 17.5 Å². The van der Waals surface area contributed by atoms with Gasteiger partial charge in [-0.2, -0.15) is 0 Å². The first kappa shape index (κ1) is 13.9. The van der Waals surface area contributed by atoms with Crippen molar-refractivity contribution in [3.05, 3.63) is 29.3 Å². The molecule has 0 bridgehead atoms. The van der Waals surface area contributed by atoms with E-state index in [4.69, 9.17) is 5.73 Å². The lowest BCUT2D eigenvalue weighted by Gasteiger charge is -2.07. The van der Waals surface area contributed by atoms with E-state index in [9.17, 15) is 18.4 Å². The predicted octanol–water partition coefficient (Wildman–Crippen LogP) is 0.413. The highest BCUT2D eigenvalue weighted by Crippen LogP contribution is 2.17. The van der Waals surface area contributed by atoms with Gasteiger partial charge in [0.1, 0.15) is 5.82 Å². The number of nitrogens with one attached hydrogen (secondary N) is 2. The molecule has 0 spiro atoms. The molecular weight excluding hydrogens is 244 g/mol. The molecule has 4 N–H and O–H groups in total. The van der Waals surface area contributed by atoms with Gasteiger partial charge in [-0.05, 0) is 12.1 Å². The van der Waals surface area contributed by atoms with Gasteiger partial charge < -0.3 is 16.4 Å². The fourth-order valence-electron chi connectivity index (χ4n) is 1.29. The lowest BCUT2D eigenvalue weighted by atomic mass is 10.1. The first-order valence-corrected chi connectivity index (χ1v) is 5.19. The van der Waals surface area contributed by atoms with Crippen LogP contribution >= 0.6 is 0 Å². The summed E-state index contributed by atoms with van der Waals surface area (Å²) in [6.45, 7) is 0.0222. The minimum absolute atomic E-state index is 0.0222. The Hall–Kier alpha value is -2.18. The normalized spacial score (nSPS) is 9.94. The number of benzene rings is 1. The van der Waals surface area contributed by atoms with Crippen LogP contribution < -0.4 is 16.4 Å². The third-order valence-electron chi connectivity index (χ3n) is 2.23. The van der Waals surface area contributed by atoms with Gasteiger partial charge in [-0.25, -0.2) is 8.78 Å². The molecule has 1 aromatic rings. The second-order valence-corrected chi connectivity index (χ2v) is 3.54. The molecule has 1 aromatic carbocycles. The molecule has 7 heteroatoms. The monoisotopic (exact) mass is 257 g/mol. The Kier molecular flexibility index (Phi) is 4.59. The minimum Gasteiger partial charge on any atom is -0.396 e. The number of anilines is 1. The molecule has 0 aliphatic carbocycles. The number of carbonyl (C=O) groups is 2. The standard InChI is InChI=1S/C11H13F2N3O2/c1-15-9(17)2-3-16-11(18)7-4-6(12)5-8(14)10(7)13/h4-5H,2-3,14H2,1H3,(H,15,17)(H,16,18). The molecule has 0 aromatic heterocycles. The zero-order chi connectivity index (χ0) is 13.7. The second-order valence-electron chi connectivity index (χ2n) is 3.54. The first-order chi connectivity index (χ1) is 8.45. The minimum atomic E-state index is -0.978. The lowest BCUT2D eigenvalue weighted by molar-refractivity contribution is -0.120. The van der Waals surface area contributed by atoms with Crippen LogP contribution in [0.3, 0.4) is 0 Å². The molecule has 0 saturated heterocycles. The summed E-state index contributed by atoms with van der Waals surface area (Å²) in [6.07, 6.45) is 0.0503. The predicted molar refractivity (Wildman–Crippen MR) is 61.8 cm³/mol. The van der Waals surface area contributed by atoms with Crippen molar-refractivity contribution in [1.29, 1.82) is 0 Å². The maximum atomic E-state index is 13.5. The third kappa shape index (κ3) is 3.41. The summed E-state index contributed by atoms with van der Waals surface area (Å²) in [6, 6.07) is 1.54. The van der Waals surface area contributed by atoms with Gasteiger partial charge in [0.15, 0.2) is 5.82 Å². The van der Waals surface area contributed by atoms with Gasteiger partial charge in [0.05, 0.1) is 11.3 Å². The zero-order valence-corrected chi connectivity index (χ0v) is 9.72. The fourth-order valence-corrected chi connectivity index (χ4v) is 1.29. The van der Waals surface area contributed by atoms with E-state index in [1.165, 1.54) is 7.05 Å². The molecule has 0 heterocycles. The summed E-state index contributed by atoms with van der Waals surface area (Å²) in [4.78, 5) is 22.4. The van der Waals surface area contributed by atoms with Gasteiger partial charge in [-0.15, -0.1) is 0 Å². The molecule has 18 heavy (non-hydrogen) atoms. The van der Waals surface area contributed by atoms with Crippen LogP contribution in [0.2, 0.25) is 0 Å². The smallest absolute Gasteiger partial charge is 0.254 e. The van der Waals surface area contributed by atoms with Gasteiger partial charge in [-0.3, -0.25) is 9.59 Å². The van der Waals surface area contributed by atoms with Crippen molar-refractivity contribution in [2.75, 3.05) is 19.3 Å². The van der Waals surface area contributed by atoms with Crippen molar-refractivity contribution in [2.24, 2.45) is 0 Å². The summed E-state index contributed by atoms with van der Waals surface area (Å²) in [5.74, 6) is -2.86. The largest absolute Gasteiger partial charge is 0.396 e. The van der Waals surface area contributed by atoms with Crippen LogP contribution in [0.1, 0.15) is 16.8 Å².